The van der Waals surface area contributed by atoms with Crippen molar-refractivity contribution in [2.24, 2.45) is 5.10 Å². The first-order valence-electron chi connectivity index (χ1n) is 8.53. The molecule has 0 aliphatic carbocycles. The molecule has 0 unspecified atom stereocenters. The van der Waals surface area contributed by atoms with Crippen molar-refractivity contribution in [3.8, 4) is 5.75 Å². The van der Waals surface area contributed by atoms with E-state index in [1.54, 1.807) is 10.9 Å². The molecule has 26 heavy (non-hydrogen) atoms. The second-order valence-corrected chi connectivity index (χ2v) is 6.80. The van der Waals surface area contributed by atoms with Crippen LogP contribution in [0.3, 0.4) is 0 Å². The van der Waals surface area contributed by atoms with Gasteiger partial charge < -0.3 is 4.74 Å². The summed E-state index contributed by atoms with van der Waals surface area (Å²) < 4.78 is 8.12. The molecule has 0 spiro atoms. The lowest BCUT2D eigenvalue weighted by atomic mass is 10.1. The minimum absolute atomic E-state index is 0.216. The third-order valence-electron chi connectivity index (χ3n) is 3.94. The highest BCUT2D eigenvalue weighted by Gasteiger charge is 2.09. The molecular formula is C20H22N4OS. The van der Waals surface area contributed by atoms with E-state index in [9.17, 15) is 0 Å². The predicted molar refractivity (Wildman–Crippen MR) is 106 cm³/mol. The minimum Gasteiger partial charge on any atom is -0.488 e. The summed E-state index contributed by atoms with van der Waals surface area (Å²) in [5.41, 5.74) is 3.25. The maximum Gasteiger partial charge on any atom is 0.216 e. The van der Waals surface area contributed by atoms with Gasteiger partial charge in [0, 0.05) is 11.5 Å². The number of aromatic nitrogens is 3. The molecule has 0 atom stereocenters. The van der Waals surface area contributed by atoms with Gasteiger partial charge in [0.2, 0.25) is 4.77 Å². The SMILES string of the molecule is Cc1ccc(COc2ccccc2/C=N\n2c(C(C)C)n[nH]c2=S)cc1. The molecule has 5 nitrogen and oxygen atoms in total. The summed E-state index contributed by atoms with van der Waals surface area (Å²) >= 11 is 5.27. The van der Waals surface area contributed by atoms with Crippen LogP contribution in [0.4, 0.5) is 0 Å². The maximum absolute atomic E-state index is 5.99. The first-order chi connectivity index (χ1) is 12.5. The van der Waals surface area contributed by atoms with Gasteiger partial charge in [-0.1, -0.05) is 55.8 Å². The average molecular weight is 366 g/mol. The number of hydrogen-bond acceptors (Lipinski definition) is 4. The van der Waals surface area contributed by atoms with Crippen LogP contribution in [0.5, 0.6) is 5.75 Å². The Bertz CT molecular complexity index is 954. The Morgan fingerprint density at radius 3 is 2.65 bits per heavy atom. The van der Waals surface area contributed by atoms with Gasteiger partial charge >= 0.3 is 0 Å². The van der Waals surface area contributed by atoms with E-state index in [-0.39, 0.29) is 5.92 Å². The topological polar surface area (TPSA) is 55.2 Å². The summed E-state index contributed by atoms with van der Waals surface area (Å²) in [5.74, 6) is 1.79. The Labute approximate surface area is 158 Å². The van der Waals surface area contributed by atoms with Gasteiger partial charge in [-0.3, -0.25) is 5.10 Å². The van der Waals surface area contributed by atoms with Crippen molar-refractivity contribution in [1.29, 1.82) is 0 Å². The number of nitrogens with zero attached hydrogens (tertiary/aromatic N) is 3. The number of H-pyrrole nitrogens is 1. The van der Waals surface area contributed by atoms with Crippen LogP contribution in [0.25, 0.3) is 0 Å². The van der Waals surface area contributed by atoms with Gasteiger partial charge in [0.05, 0.1) is 6.21 Å². The lowest BCUT2D eigenvalue weighted by Crippen LogP contribution is -2.02. The highest BCUT2D eigenvalue weighted by atomic mass is 32.1. The van der Waals surface area contributed by atoms with Crippen molar-refractivity contribution < 1.29 is 4.74 Å². The van der Waals surface area contributed by atoms with Crippen molar-refractivity contribution in [3.05, 3.63) is 75.8 Å². The fourth-order valence-electron chi connectivity index (χ4n) is 2.47. The number of rotatable bonds is 6. The quantitative estimate of drug-likeness (QED) is 0.502. The van der Waals surface area contributed by atoms with Crippen LogP contribution in [-0.4, -0.2) is 21.1 Å². The van der Waals surface area contributed by atoms with E-state index < -0.39 is 0 Å². The van der Waals surface area contributed by atoms with Crippen molar-refractivity contribution in [3.63, 3.8) is 0 Å². The molecule has 3 rings (SSSR count). The smallest absolute Gasteiger partial charge is 0.216 e. The summed E-state index contributed by atoms with van der Waals surface area (Å²) in [6.45, 7) is 6.68. The number of nitrogens with one attached hydrogen (secondary N) is 1. The summed E-state index contributed by atoms with van der Waals surface area (Å²) in [4.78, 5) is 0. The van der Waals surface area contributed by atoms with Crippen LogP contribution in [0, 0.1) is 11.7 Å². The summed E-state index contributed by atoms with van der Waals surface area (Å²) in [5, 5.41) is 11.5. The lowest BCUT2D eigenvalue weighted by Gasteiger charge is -2.09. The van der Waals surface area contributed by atoms with Gasteiger partial charge in [-0.2, -0.15) is 14.9 Å². The molecule has 0 saturated carbocycles. The molecule has 0 bridgehead atoms. The van der Waals surface area contributed by atoms with Crippen molar-refractivity contribution in [2.45, 2.75) is 33.3 Å². The maximum atomic E-state index is 5.99. The summed E-state index contributed by atoms with van der Waals surface area (Å²) in [6, 6.07) is 16.1. The van der Waals surface area contributed by atoms with E-state index in [1.165, 1.54) is 5.56 Å². The van der Waals surface area contributed by atoms with Gasteiger partial charge in [-0.05, 0) is 36.8 Å². The molecule has 0 fully saturated rings. The molecule has 1 aromatic heterocycles. The number of aryl methyl sites for hydroxylation is 1. The van der Waals surface area contributed by atoms with Crippen molar-refractivity contribution in [1.82, 2.24) is 14.9 Å². The van der Waals surface area contributed by atoms with Crippen molar-refractivity contribution >= 4 is 18.4 Å². The lowest BCUT2D eigenvalue weighted by molar-refractivity contribution is 0.306. The van der Waals surface area contributed by atoms with E-state index in [1.807, 2.05) is 24.3 Å². The molecule has 134 valence electrons. The van der Waals surface area contributed by atoms with Crippen LogP contribution in [-0.2, 0) is 6.61 Å². The van der Waals surface area contributed by atoms with Gasteiger partial charge in [-0.15, -0.1) is 0 Å². The first kappa shape index (κ1) is 18.1. The Balaban J connectivity index is 1.80. The number of hydrogen-bond donors (Lipinski definition) is 1. The zero-order chi connectivity index (χ0) is 18.5. The van der Waals surface area contributed by atoms with E-state index in [2.05, 4.69) is 60.3 Å². The molecule has 0 saturated heterocycles. The van der Waals surface area contributed by atoms with Crippen LogP contribution < -0.4 is 4.74 Å². The first-order valence-corrected chi connectivity index (χ1v) is 8.94. The highest BCUT2D eigenvalue weighted by Crippen LogP contribution is 2.18. The standard InChI is InChI=1S/C20H22N4OS/c1-14(2)19-22-23-20(26)24(19)21-12-17-6-4-5-7-18(17)25-13-16-10-8-15(3)9-11-16/h4-12,14H,13H2,1-3H3,(H,23,26)/b21-12-. The zero-order valence-corrected chi connectivity index (χ0v) is 16.0. The summed E-state index contributed by atoms with van der Waals surface area (Å²) in [6.07, 6.45) is 1.75. The molecule has 0 radical (unpaired) electrons. The fraction of sp³-hybridized carbons (Fsp3) is 0.250. The fourth-order valence-corrected chi connectivity index (χ4v) is 2.66. The van der Waals surface area contributed by atoms with Crippen LogP contribution >= 0.6 is 12.2 Å². The minimum atomic E-state index is 0.216. The van der Waals surface area contributed by atoms with Crippen LogP contribution in [0.1, 0.15) is 42.3 Å². The Hall–Kier alpha value is -2.73. The number of benzene rings is 2. The monoisotopic (exact) mass is 366 g/mol. The molecule has 0 aliphatic rings. The molecule has 1 N–H and O–H groups in total. The number of aromatic amines is 1. The van der Waals surface area contributed by atoms with Crippen LogP contribution in [0.2, 0.25) is 0 Å². The average Bonchev–Trinajstić information content (AvgIpc) is 3.01. The predicted octanol–water partition coefficient (Wildman–Crippen LogP) is 4.83. The Kier molecular flexibility index (Phi) is 5.63. The molecule has 2 aromatic carbocycles. The molecular weight excluding hydrogens is 344 g/mol. The highest BCUT2D eigenvalue weighted by molar-refractivity contribution is 7.71. The van der Waals surface area contributed by atoms with Gasteiger partial charge in [0.25, 0.3) is 0 Å². The van der Waals surface area contributed by atoms with E-state index >= 15 is 0 Å². The zero-order valence-electron chi connectivity index (χ0n) is 15.1. The van der Waals surface area contributed by atoms with Gasteiger partial charge in [0.15, 0.2) is 5.82 Å². The third kappa shape index (κ3) is 4.26. The Morgan fingerprint density at radius 2 is 1.92 bits per heavy atom. The normalized spacial score (nSPS) is 11.4. The number of ether oxygens (including phenoxy) is 1. The van der Waals surface area contributed by atoms with E-state index in [0.29, 0.717) is 11.4 Å². The van der Waals surface area contributed by atoms with Gasteiger partial charge in [-0.25, -0.2) is 0 Å². The molecule has 3 aromatic rings. The largest absolute Gasteiger partial charge is 0.488 e. The second kappa shape index (κ2) is 8.10. The number of para-hydroxylation sites is 1. The molecule has 0 aliphatic heterocycles. The van der Waals surface area contributed by atoms with Crippen molar-refractivity contribution in [2.75, 3.05) is 0 Å². The second-order valence-electron chi connectivity index (χ2n) is 6.41. The van der Waals surface area contributed by atoms with Gasteiger partial charge in [0.1, 0.15) is 12.4 Å². The molecule has 6 heteroatoms. The molecule has 0 amide bonds. The van der Waals surface area contributed by atoms with Crippen LogP contribution in [0.15, 0.2) is 53.6 Å². The Morgan fingerprint density at radius 1 is 1.19 bits per heavy atom. The summed E-state index contributed by atoms with van der Waals surface area (Å²) in [7, 11) is 0. The third-order valence-corrected chi connectivity index (χ3v) is 4.20. The van der Waals surface area contributed by atoms with E-state index in [0.717, 1.165) is 22.7 Å². The van der Waals surface area contributed by atoms with E-state index in [4.69, 9.17) is 17.0 Å². The molecule has 1 heterocycles.